The Balaban J connectivity index is 2.12. The van der Waals surface area contributed by atoms with Crippen LogP contribution >= 0.6 is 0 Å². The molecule has 0 atom stereocenters. The van der Waals surface area contributed by atoms with Crippen molar-refractivity contribution in [3.8, 4) is 0 Å². The van der Waals surface area contributed by atoms with E-state index >= 15 is 0 Å². The molecule has 1 fully saturated rings. The predicted octanol–water partition coefficient (Wildman–Crippen LogP) is 1.43. The summed E-state index contributed by atoms with van der Waals surface area (Å²) in [4.78, 5) is 13.7. The lowest BCUT2D eigenvalue weighted by Gasteiger charge is -2.17. The first-order valence-electron chi connectivity index (χ1n) is 5.39. The second-order valence-corrected chi connectivity index (χ2v) is 3.87. The monoisotopic (exact) mass is 204 g/mol. The van der Waals surface area contributed by atoms with Gasteiger partial charge in [-0.05, 0) is 37.1 Å². The van der Waals surface area contributed by atoms with E-state index in [0.29, 0.717) is 5.56 Å². The van der Waals surface area contributed by atoms with E-state index < -0.39 is 0 Å². The van der Waals surface area contributed by atoms with Crippen molar-refractivity contribution in [2.45, 2.75) is 12.8 Å². The van der Waals surface area contributed by atoms with E-state index in [4.69, 9.17) is 5.73 Å². The van der Waals surface area contributed by atoms with E-state index in [-0.39, 0.29) is 12.3 Å². The van der Waals surface area contributed by atoms with Crippen molar-refractivity contribution in [1.82, 2.24) is 0 Å². The van der Waals surface area contributed by atoms with Gasteiger partial charge in [-0.1, -0.05) is 0 Å². The van der Waals surface area contributed by atoms with Crippen LogP contribution in [0.1, 0.15) is 23.2 Å². The molecule has 0 radical (unpaired) electrons. The summed E-state index contributed by atoms with van der Waals surface area (Å²) in [5.74, 6) is 0.00275. The van der Waals surface area contributed by atoms with Gasteiger partial charge < -0.3 is 10.6 Å². The zero-order chi connectivity index (χ0) is 10.7. The maximum absolute atomic E-state index is 11.3. The highest BCUT2D eigenvalue weighted by Crippen LogP contribution is 2.20. The Bertz CT molecular complexity index is 339. The average Bonchev–Trinajstić information content (AvgIpc) is 2.82. The molecular weight excluding hydrogens is 188 g/mol. The standard InChI is InChI=1S/C12H16N2O/c13-9-12(15)10-3-5-11(6-4-10)14-7-1-2-8-14/h3-6H,1-2,7-9,13H2. The molecule has 1 aromatic carbocycles. The van der Waals surface area contributed by atoms with Crippen LogP contribution in [0, 0.1) is 0 Å². The van der Waals surface area contributed by atoms with Crippen LogP contribution in [0.3, 0.4) is 0 Å². The molecule has 3 heteroatoms. The molecule has 80 valence electrons. The third-order valence-corrected chi connectivity index (χ3v) is 2.85. The Kier molecular flexibility index (Phi) is 3.02. The van der Waals surface area contributed by atoms with Gasteiger partial charge in [0.2, 0.25) is 0 Å². The molecule has 0 amide bonds. The molecule has 0 spiro atoms. The normalized spacial score (nSPS) is 15.7. The molecule has 1 aliphatic heterocycles. The fraction of sp³-hybridized carbons (Fsp3) is 0.417. The summed E-state index contributed by atoms with van der Waals surface area (Å²) >= 11 is 0. The minimum atomic E-state index is 0.00275. The zero-order valence-electron chi connectivity index (χ0n) is 8.78. The summed E-state index contributed by atoms with van der Waals surface area (Å²) in [5.41, 5.74) is 7.22. The fourth-order valence-corrected chi connectivity index (χ4v) is 1.95. The quantitative estimate of drug-likeness (QED) is 0.758. The van der Waals surface area contributed by atoms with Gasteiger partial charge in [0.15, 0.2) is 5.78 Å². The summed E-state index contributed by atoms with van der Waals surface area (Å²) in [6, 6.07) is 7.74. The van der Waals surface area contributed by atoms with E-state index in [1.807, 2.05) is 24.3 Å². The Hall–Kier alpha value is -1.35. The second kappa shape index (κ2) is 4.45. The number of hydrogen-bond acceptors (Lipinski definition) is 3. The summed E-state index contributed by atoms with van der Waals surface area (Å²) in [7, 11) is 0. The van der Waals surface area contributed by atoms with Crippen molar-refractivity contribution in [1.29, 1.82) is 0 Å². The maximum Gasteiger partial charge on any atom is 0.176 e. The molecule has 2 N–H and O–H groups in total. The van der Waals surface area contributed by atoms with Gasteiger partial charge in [-0.15, -0.1) is 0 Å². The number of hydrogen-bond donors (Lipinski definition) is 1. The molecule has 3 nitrogen and oxygen atoms in total. The van der Waals surface area contributed by atoms with Crippen LogP contribution in [0.4, 0.5) is 5.69 Å². The van der Waals surface area contributed by atoms with Gasteiger partial charge in [0.1, 0.15) is 0 Å². The van der Waals surface area contributed by atoms with Gasteiger partial charge in [0.05, 0.1) is 6.54 Å². The number of carbonyl (C=O) groups is 1. The van der Waals surface area contributed by atoms with Gasteiger partial charge in [0, 0.05) is 24.3 Å². The van der Waals surface area contributed by atoms with Gasteiger partial charge in [-0.25, -0.2) is 0 Å². The van der Waals surface area contributed by atoms with Crippen molar-refractivity contribution in [2.75, 3.05) is 24.5 Å². The molecule has 1 saturated heterocycles. The minimum Gasteiger partial charge on any atom is -0.372 e. The third-order valence-electron chi connectivity index (χ3n) is 2.85. The van der Waals surface area contributed by atoms with Crippen LogP contribution in [0.15, 0.2) is 24.3 Å². The van der Waals surface area contributed by atoms with Crippen LogP contribution in [-0.2, 0) is 0 Å². The minimum absolute atomic E-state index is 0.00275. The SMILES string of the molecule is NCC(=O)c1ccc(N2CCCC2)cc1. The Morgan fingerprint density at radius 1 is 1.20 bits per heavy atom. The van der Waals surface area contributed by atoms with Crippen molar-refractivity contribution in [2.24, 2.45) is 5.73 Å². The summed E-state index contributed by atoms with van der Waals surface area (Å²) in [6.45, 7) is 2.34. The first-order chi connectivity index (χ1) is 7.31. The third kappa shape index (κ3) is 2.18. The second-order valence-electron chi connectivity index (χ2n) is 3.87. The van der Waals surface area contributed by atoms with Crippen LogP contribution in [0.2, 0.25) is 0 Å². The zero-order valence-corrected chi connectivity index (χ0v) is 8.78. The molecule has 1 heterocycles. The van der Waals surface area contributed by atoms with Gasteiger partial charge in [-0.2, -0.15) is 0 Å². The molecule has 0 aromatic heterocycles. The molecule has 0 saturated carbocycles. The van der Waals surface area contributed by atoms with Crippen LogP contribution in [0.5, 0.6) is 0 Å². The lowest BCUT2D eigenvalue weighted by atomic mass is 10.1. The summed E-state index contributed by atoms with van der Waals surface area (Å²) < 4.78 is 0. The first kappa shape index (κ1) is 10.2. The smallest absolute Gasteiger partial charge is 0.176 e. The summed E-state index contributed by atoms with van der Waals surface area (Å²) in [6.07, 6.45) is 2.53. The van der Waals surface area contributed by atoms with E-state index in [1.165, 1.54) is 18.5 Å². The number of rotatable bonds is 3. The van der Waals surface area contributed by atoms with Gasteiger partial charge >= 0.3 is 0 Å². The van der Waals surface area contributed by atoms with E-state index in [9.17, 15) is 4.79 Å². The number of Topliss-reactive ketones (excluding diaryl/α,β-unsaturated/α-hetero) is 1. The summed E-state index contributed by atoms with van der Waals surface area (Å²) in [5, 5.41) is 0. The number of nitrogens with zero attached hydrogens (tertiary/aromatic N) is 1. The molecule has 15 heavy (non-hydrogen) atoms. The maximum atomic E-state index is 11.3. The van der Waals surface area contributed by atoms with Crippen LogP contribution in [0.25, 0.3) is 0 Å². The molecule has 0 bridgehead atoms. The highest BCUT2D eigenvalue weighted by atomic mass is 16.1. The molecule has 0 aliphatic carbocycles. The van der Waals surface area contributed by atoms with Crippen molar-refractivity contribution in [3.05, 3.63) is 29.8 Å². The number of benzene rings is 1. The lowest BCUT2D eigenvalue weighted by molar-refractivity contribution is 0.100. The topological polar surface area (TPSA) is 46.3 Å². The molecule has 1 aromatic rings. The van der Waals surface area contributed by atoms with Crippen molar-refractivity contribution < 1.29 is 4.79 Å². The molecule has 0 unspecified atom stereocenters. The highest BCUT2D eigenvalue weighted by Gasteiger charge is 2.12. The average molecular weight is 204 g/mol. The van der Waals surface area contributed by atoms with Gasteiger partial charge in [0.25, 0.3) is 0 Å². The lowest BCUT2D eigenvalue weighted by Crippen LogP contribution is -2.18. The predicted molar refractivity (Wildman–Crippen MR) is 61.3 cm³/mol. The number of anilines is 1. The Morgan fingerprint density at radius 2 is 1.80 bits per heavy atom. The largest absolute Gasteiger partial charge is 0.372 e. The number of nitrogens with two attached hydrogens (primary N) is 1. The molecule has 1 aliphatic rings. The molecule has 2 rings (SSSR count). The van der Waals surface area contributed by atoms with E-state index in [2.05, 4.69) is 4.90 Å². The van der Waals surface area contributed by atoms with Crippen LogP contribution in [-0.4, -0.2) is 25.4 Å². The first-order valence-corrected chi connectivity index (χ1v) is 5.39. The molecular formula is C12H16N2O. The van der Waals surface area contributed by atoms with E-state index in [0.717, 1.165) is 13.1 Å². The van der Waals surface area contributed by atoms with E-state index in [1.54, 1.807) is 0 Å². The Morgan fingerprint density at radius 3 is 2.33 bits per heavy atom. The highest BCUT2D eigenvalue weighted by molar-refractivity contribution is 5.97. The number of ketones is 1. The van der Waals surface area contributed by atoms with Gasteiger partial charge in [-0.3, -0.25) is 4.79 Å². The Labute approximate surface area is 89.9 Å². The van der Waals surface area contributed by atoms with Crippen molar-refractivity contribution >= 4 is 11.5 Å². The van der Waals surface area contributed by atoms with Crippen LogP contribution < -0.4 is 10.6 Å². The number of carbonyl (C=O) groups excluding carboxylic acids is 1. The fourth-order valence-electron chi connectivity index (χ4n) is 1.95. The van der Waals surface area contributed by atoms with Crippen molar-refractivity contribution in [3.63, 3.8) is 0 Å².